The predicted octanol–water partition coefficient (Wildman–Crippen LogP) is 2.04. The molecule has 126 valence electrons. The number of hydrogen-bond donors (Lipinski definition) is 0. The second-order valence-electron chi connectivity index (χ2n) is 7.30. The van der Waals surface area contributed by atoms with E-state index in [1.54, 1.807) is 41.5 Å². The average molecular weight is 314 g/mol. The zero-order chi connectivity index (χ0) is 17.1. The van der Waals surface area contributed by atoms with Gasteiger partial charge in [0.25, 0.3) is 0 Å². The Balaban J connectivity index is 2.70. The van der Waals surface area contributed by atoms with Crippen LogP contribution < -0.4 is 0 Å². The third kappa shape index (κ3) is 5.54. The van der Waals surface area contributed by atoms with Crippen LogP contribution in [-0.2, 0) is 14.3 Å². The fraction of sp³-hybridized carbons (Fsp3) is 0.800. The second-order valence-corrected chi connectivity index (χ2v) is 7.30. The zero-order valence-electron chi connectivity index (χ0n) is 14.2. The number of carbonyl (C=O) groups is 3. The van der Waals surface area contributed by atoms with E-state index in [0.29, 0.717) is 12.8 Å². The van der Waals surface area contributed by atoms with E-state index in [2.05, 4.69) is 0 Å². The summed E-state index contributed by atoms with van der Waals surface area (Å²) in [6.07, 6.45) is -0.378. The largest absolute Gasteiger partial charge is 0.444 e. The van der Waals surface area contributed by atoms with Gasteiger partial charge in [-0.15, -0.1) is 0 Å². The van der Waals surface area contributed by atoms with Crippen molar-refractivity contribution < 1.29 is 23.9 Å². The molecule has 1 atom stereocenters. The number of nitrogens with zero attached hydrogens (tertiary/aromatic N) is 2. The van der Waals surface area contributed by atoms with Crippen molar-refractivity contribution in [2.24, 2.45) is 0 Å². The summed E-state index contributed by atoms with van der Waals surface area (Å²) in [5, 5.41) is 0. The molecular formula is C15H26N2O5. The molecule has 0 N–H and O–H groups in total. The van der Waals surface area contributed by atoms with Crippen LogP contribution in [0.1, 0.15) is 41.5 Å². The molecule has 7 nitrogen and oxygen atoms in total. The van der Waals surface area contributed by atoms with Crippen LogP contribution in [0, 0.1) is 0 Å². The SMILES string of the molecule is CC(C)(C)OC(=O)N1CCN(C(=O)OC(C)(C)C)C(C=O)C1. The second kappa shape index (κ2) is 6.54. The molecule has 7 heteroatoms. The molecule has 2 amide bonds. The van der Waals surface area contributed by atoms with E-state index in [4.69, 9.17) is 9.47 Å². The van der Waals surface area contributed by atoms with Crippen molar-refractivity contribution in [1.82, 2.24) is 9.80 Å². The van der Waals surface area contributed by atoms with Crippen LogP contribution in [0.2, 0.25) is 0 Å². The van der Waals surface area contributed by atoms with Gasteiger partial charge in [-0.3, -0.25) is 4.90 Å². The van der Waals surface area contributed by atoms with Crippen LogP contribution in [0.5, 0.6) is 0 Å². The monoisotopic (exact) mass is 314 g/mol. The molecule has 22 heavy (non-hydrogen) atoms. The lowest BCUT2D eigenvalue weighted by atomic mass is 10.2. The quantitative estimate of drug-likeness (QED) is 0.692. The summed E-state index contributed by atoms with van der Waals surface area (Å²) in [6.45, 7) is 11.3. The average Bonchev–Trinajstić information content (AvgIpc) is 2.33. The van der Waals surface area contributed by atoms with Crippen LogP contribution in [-0.4, -0.2) is 65.2 Å². The summed E-state index contributed by atoms with van der Waals surface area (Å²) >= 11 is 0. The molecule has 1 saturated heterocycles. The molecule has 1 aliphatic rings. The Morgan fingerprint density at radius 1 is 0.955 bits per heavy atom. The Hall–Kier alpha value is -1.79. The first-order valence-corrected chi connectivity index (χ1v) is 7.36. The molecular weight excluding hydrogens is 288 g/mol. The van der Waals surface area contributed by atoms with Gasteiger partial charge < -0.3 is 19.2 Å². The van der Waals surface area contributed by atoms with Gasteiger partial charge in [-0.05, 0) is 41.5 Å². The molecule has 0 aromatic heterocycles. The Labute approximate surface area is 131 Å². The van der Waals surface area contributed by atoms with E-state index >= 15 is 0 Å². The van der Waals surface area contributed by atoms with Crippen LogP contribution in [0.25, 0.3) is 0 Å². The minimum absolute atomic E-state index is 0.109. The lowest BCUT2D eigenvalue weighted by molar-refractivity contribution is -0.114. The maximum absolute atomic E-state index is 12.1. The number of hydrogen-bond acceptors (Lipinski definition) is 5. The van der Waals surface area contributed by atoms with Crippen molar-refractivity contribution in [3.8, 4) is 0 Å². The van der Waals surface area contributed by atoms with Crippen molar-refractivity contribution in [2.75, 3.05) is 19.6 Å². The minimum atomic E-state index is -0.726. The first-order chi connectivity index (χ1) is 9.93. The van der Waals surface area contributed by atoms with E-state index < -0.39 is 29.4 Å². The van der Waals surface area contributed by atoms with Crippen molar-refractivity contribution in [2.45, 2.75) is 58.8 Å². The van der Waals surface area contributed by atoms with Gasteiger partial charge in [0.1, 0.15) is 23.5 Å². The minimum Gasteiger partial charge on any atom is -0.444 e. The molecule has 1 heterocycles. The van der Waals surface area contributed by atoms with E-state index in [9.17, 15) is 14.4 Å². The number of ether oxygens (including phenoxy) is 2. The smallest absolute Gasteiger partial charge is 0.411 e. The van der Waals surface area contributed by atoms with Gasteiger partial charge in [-0.1, -0.05) is 0 Å². The summed E-state index contributed by atoms with van der Waals surface area (Å²) in [5.74, 6) is 0. The number of rotatable bonds is 1. The van der Waals surface area contributed by atoms with Crippen molar-refractivity contribution in [3.63, 3.8) is 0 Å². The number of amides is 2. The van der Waals surface area contributed by atoms with Crippen molar-refractivity contribution >= 4 is 18.5 Å². The molecule has 1 fully saturated rings. The van der Waals surface area contributed by atoms with E-state index in [0.717, 1.165) is 0 Å². The van der Waals surface area contributed by atoms with Gasteiger partial charge in [-0.25, -0.2) is 9.59 Å². The topological polar surface area (TPSA) is 76.2 Å². The highest BCUT2D eigenvalue weighted by Crippen LogP contribution is 2.17. The van der Waals surface area contributed by atoms with E-state index in [-0.39, 0.29) is 13.1 Å². The summed E-state index contributed by atoms with van der Waals surface area (Å²) in [5.41, 5.74) is -1.23. The molecule has 0 radical (unpaired) electrons. The Morgan fingerprint density at radius 3 is 1.91 bits per heavy atom. The summed E-state index contributed by atoms with van der Waals surface area (Å²) in [6, 6.07) is -0.726. The highest BCUT2D eigenvalue weighted by Gasteiger charge is 2.36. The van der Waals surface area contributed by atoms with Crippen LogP contribution in [0.4, 0.5) is 9.59 Å². The molecule has 0 aromatic rings. The van der Waals surface area contributed by atoms with Gasteiger partial charge in [0.2, 0.25) is 0 Å². The zero-order valence-corrected chi connectivity index (χ0v) is 14.2. The molecule has 1 rings (SSSR count). The Morgan fingerprint density at radius 2 is 1.45 bits per heavy atom. The first-order valence-electron chi connectivity index (χ1n) is 7.36. The number of piperazine rings is 1. The standard InChI is InChI=1S/C15H26N2O5/c1-14(2,3)21-12(19)16-7-8-17(11(9-16)10-18)13(20)22-15(4,5)6/h10-11H,7-9H2,1-6H3. The highest BCUT2D eigenvalue weighted by molar-refractivity contribution is 5.76. The van der Waals surface area contributed by atoms with Gasteiger partial charge in [0.05, 0.1) is 6.54 Å². The fourth-order valence-corrected chi connectivity index (χ4v) is 1.97. The molecule has 0 aromatic carbocycles. The predicted molar refractivity (Wildman–Crippen MR) is 80.6 cm³/mol. The third-order valence-electron chi connectivity index (χ3n) is 2.86. The Bertz CT molecular complexity index is 436. The molecule has 0 bridgehead atoms. The normalized spacial score (nSPS) is 19.6. The Kier molecular flexibility index (Phi) is 5.43. The lowest BCUT2D eigenvalue weighted by Gasteiger charge is -2.39. The molecule has 0 saturated carbocycles. The molecule has 0 spiro atoms. The summed E-state index contributed by atoms with van der Waals surface area (Å²) < 4.78 is 10.6. The lowest BCUT2D eigenvalue weighted by Crippen LogP contribution is -2.58. The van der Waals surface area contributed by atoms with Gasteiger partial charge in [0.15, 0.2) is 0 Å². The van der Waals surface area contributed by atoms with Gasteiger partial charge in [0, 0.05) is 13.1 Å². The maximum atomic E-state index is 12.1. The third-order valence-corrected chi connectivity index (χ3v) is 2.86. The summed E-state index contributed by atoms with van der Waals surface area (Å²) in [4.78, 5) is 38.2. The maximum Gasteiger partial charge on any atom is 0.411 e. The van der Waals surface area contributed by atoms with Gasteiger partial charge >= 0.3 is 12.2 Å². The van der Waals surface area contributed by atoms with E-state index in [1.165, 1.54) is 9.80 Å². The number of aldehydes is 1. The number of carbonyl (C=O) groups excluding carboxylic acids is 3. The van der Waals surface area contributed by atoms with Crippen LogP contribution in [0.3, 0.4) is 0 Å². The first kappa shape index (κ1) is 18.3. The van der Waals surface area contributed by atoms with Crippen molar-refractivity contribution in [1.29, 1.82) is 0 Å². The van der Waals surface area contributed by atoms with Crippen LogP contribution in [0.15, 0.2) is 0 Å². The fourth-order valence-electron chi connectivity index (χ4n) is 1.97. The molecule has 1 aliphatic heterocycles. The van der Waals surface area contributed by atoms with Gasteiger partial charge in [-0.2, -0.15) is 0 Å². The van der Waals surface area contributed by atoms with Crippen molar-refractivity contribution in [3.05, 3.63) is 0 Å². The molecule has 1 unspecified atom stereocenters. The van der Waals surface area contributed by atoms with Crippen LogP contribution >= 0.6 is 0 Å². The summed E-state index contributed by atoms with van der Waals surface area (Å²) in [7, 11) is 0. The molecule has 0 aliphatic carbocycles. The highest BCUT2D eigenvalue weighted by atomic mass is 16.6. The van der Waals surface area contributed by atoms with E-state index in [1.807, 2.05) is 0 Å².